The lowest BCUT2D eigenvalue weighted by molar-refractivity contribution is -0.118. The maximum Gasteiger partial charge on any atom is 0.247 e. The number of hydrogen-bond donors (Lipinski definition) is 0. The molecule has 8 nitrogen and oxygen atoms in total. The van der Waals surface area contributed by atoms with Crippen molar-refractivity contribution < 1.29 is 19.0 Å². The Morgan fingerprint density at radius 2 is 1.88 bits per heavy atom. The fraction of sp³-hybridized carbons (Fsp3) is 0.267. The third-order valence-corrected chi connectivity index (χ3v) is 7.55. The predicted molar refractivity (Wildman–Crippen MR) is 156 cm³/mol. The number of amides is 1. The van der Waals surface area contributed by atoms with Gasteiger partial charge in [0.15, 0.2) is 17.2 Å². The summed E-state index contributed by atoms with van der Waals surface area (Å²) in [5, 5.41) is 9.64. The third-order valence-electron chi connectivity index (χ3n) is 6.34. The SMILES string of the molecule is CCCCSc1nnc2c(n1)O[C@H](c1cc(Cl)c(OCc3ccccc3)c(OC)c1)N(C(C)=O)c1ccccc1-2. The molecule has 0 unspecified atom stereocenters. The Morgan fingerprint density at radius 1 is 1.10 bits per heavy atom. The monoisotopic (exact) mass is 576 g/mol. The van der Waals surface area contributed by atoms with Crippen LogP contribution in [0.3, 0.4) is 0 Å². The van der Waals surface area contributed by atoms with Gasteiger partial charge in [-0.2, -0.15) is 4.98 Å². The number of thioether (sulfide) groups is 1. The molecule has 0 bridgehead atoms. The molecule has 0 radical (unpaired) electrons. The summed E-state index contributed by atoms with van der Waals surface area (Å²) in [5.41, 5.74) is 3.37. The number of para-hydroxylation sites is 1. The first-order chi connectivity index (χ1) is 19.5. The molecule has 10 heteroatoms. The highest BCUT2D eigenvalue weighted by molar-refractivity contribution is 7.99. The number of nitrogens with zero attached hydrogens (tertiary/aromatic N) is 4. The molecular weight excluding hydrogens is 548 g/mol. The van der Waals surface area contributed by atoms with Gasteiger partial charge in [-0.1, -0.05) is 85.2 Å². The summed E-state index contributed by atoms with van der Waals surface area (Å²) < 4.78 is 18.2. The quantitative estimate of drug-likeness (QED) is 0.154. The van der Waals surface area contributed by atoms with Crippen molar-refractivity contribution >= 4 is 35.0 Å². The minimum absolute atomic E-state index is 0.227. The molecule has 1 aromatic heterocycles. The van der Waals surface area contributed by atoms with Gasteiger partial charge < -0.3 is 14.2 Å². The molecule has 3 aromatic carbocycles. The Kier molecular flexibility index (Phi) is 8.72. The number of benzene rings is 3. The number of anilines is 1. The Hall–Kier alpha value is -3.82. The normalized spacial score (nSPS) is 14.0. The van der Waals surface area contributed by atoms with Gasteiger partial charge in [0.1, 0.15) is 6.61 Å². The number of unbranched alkanes of at least 4 members (excludes halogenated alkanes) is 1. The van der Waals surface area contributed by atoms with Crippen LogP contribution in [0.5, 0.6) is 17.4 Å². The van der Waals surface area contributed by atoms with Crippen molar-refractivity contribution in [2.45, 2.75) is 44.7 Å². The lowest BCUT2D eigenvalue weighted by Gasteiger charge is -2.30. The van der Waals surface area contributed by atoms with Gasteiger partial charge >= 0.3 is 0 Å². The lowest BCUT2D eigenvalue weighted by Crippen LogP contribution is -2.36. The van der Waals surface area contributed by atoms with Gasteiger partial charge in [-0.15, -0.1) is 10.2 Å². The largest absolute Gasteiger partial charge is 0.493 e. The van der Waals surface area contributed by atoms with Gasteiger partial charge in [-0.25, -0.2) is 0 Å². The van der Waals surface area contributed by atoms with E-state index >= 15 is 0 Å². The molecule has 0 saturated carbocycles. The summed E-state index contributed by atoms with van der Waals surface area (Å²) in [6, 6.07) is 20.8. The third kappa shape index (κ3) is 5.85. The van der Waals surface area contributed by atoms with Crippen LogP contribution in [0.4, 0.5) is 5.69 Å². The van der Waals surface area contributed by atoms with E-state index in [1.54, 1.807) is 24.1 Å². The van der Waals surface area contributed by atoms with E-state index in [1.165, 1.54) is 18.7 Å². The predicted octanol–water partition coefficient (Wildman–Crippen LogP) is 7.12. The number of hydrogen-bond acceptors (Lipinski definition) is 8. The molecule has 1 aliphatic rings. The molecule has 1 atom stereocenters. The number of carbonyl (C=O) groups is 1. The van der Waals surface area contributed by atoms with Crippen molar-refractivity contribution in [1.82, 2.24) is 15.2 Å². The van der Waals surface area contributed by atoms with Gasteiger partial charge in [0.25, 0.3) is 0 Å². The molecule has 5 rings (SSSR count). The molecule has 0 aliphatic carbocycles. The van der Waals surface area contributed by atoms with Crippen molar-refractivity contribution in [2.75, 3.05) is 17.8 Å². The van der Waals surface area contributed by atoms with Crippen molar-refractivity contribution in [3.05, 3.63) is 82.9 Å². The summed E-state index contributed by atoms with van der Waals surface area (Å²) in [7, 11) is 1.54. The van der Waals surface area contributed by atoms with E-state index in [0.717, 1.165) is 24.2 Å². The number of halogens is 1. The highest BCUT2D eigenvalue weighted by Gasteiger charge is 2.35. The Morgan fingerprint density at radius 3 is 2.62 bits per heavy atom. The Balaban J connectivity index is 1.57. The van der Waals surface area contributed by atoms with Crippen LogP contribution in [0.2, 0.25) is 5.02 Å². The number of aromatic nitrogens is 3. The second-order valence-corrected chi connectivity index (χ2v) is 10.6. The summed E-state index contributed by atoms with van der Waals surface area (Å²) in [4.78, 5) is 19.4. The van der Waals surface area contributed by atoms with Crippen molar-refractivity contribution in [3.63, 3.8) is 0 Å². The van der Waals surface area contributed by atoms with Crippen LogP contribution in [0.1, 0.15) is 44.0 Å². The van der Waals surface area contributed by atoms with Gasteiger partial charge in [-0.05, 0) is 30.2 Å². The molecule has 0 fully saturated rings. The first kappa shape index (κ1) is 27.7. The number of carbonyl (C=O) groups excluding carboxylic acids is 1. The van der Waals surface area contributed by atoms with E-state index in [0.29, 0.717) is 50.8 Å². The highest BCUT2D eigenvalue weighted by atomic mass is 35.5. The van der Waals surface area contributed by atoms with E-state index in [1.807, 2.05) is 54.6 Å². The molecule has 40 heavy (non-hydrogen) atoms. The van der Waals surface area contributed by atoms with E-state index in [2.05, 4.69) is 17.1 Å². The zero-order valence-electron chi connectivity index (χ0n) is 22.5. The maximum atomic E-state index is 13.2. The summed E-state index contributed by atoms with van der Waals surface area (Å²) in [6.45, 7) is 3.94. The zero-order valence-corrected chi connectivity index (χ0v) is 24.0. The summed E-state index contributed by atoms with van der Waals surface area (Å²) in [5.74, 6) is 1.75. The van der Waals surface area contributed by atoms with Gasteiger partial charge in [-0.3, -0.25) is 9.69 Å². The fourth-order valence-corrected chi connectivity index (χ4v) is 5.53. The van der Waals surface area contributed by atoms with E-state index < -0.39 is 6.23 Å². The second kappa shape index (κ2) is 12.6. The minimum Gasteiger partial charge on any atom is -0.493 e. The van der Waals surface area contributed by atoms with Crippen LogP contribution in [0.25, 0.3) is 11.3 Å². The molecular formula is C30H29ClN4O4S. The molecule has 1 aliphatic heterocycles. The Labute approximate surface area is 242 Å². The first-order valence-corrected chi connectivity index (χ1v) is 14.3. The standard InChI is InChI=1S/C30H29ClN4O4S/c1-4-5-15-40-30-32-28-26(33-34-30)22-13-9-10-14-24(22)35(19(2)36)29(39-28)21-16-23(31)27(25(17-21)37-3)38-18-20-11-7-6-8-12-20/h6-14,16-17,29H,4-5,15,18H2,1-3H3/t29-/m1/s1. The number of methoxy groups -OCH3 is 1. The summed E-state index contributed by atoms with van der Waals surface area (Å²) >= 11 is 8.28. The van der Waals surface area contributed by atoms with Gasteiger partial charge in [0.2, 0.25) is 23.2 Å². The highest BCUT2D eigenvalue weighted by Crippen LogP contribution is 2.46. The second-order valence-electron chi connectivity index (χ2n) is 9.13. The number of rotatable bonds is 9. The van der Waals surface area contributed by atoms with Gasteiger partial charge in [0, 0.05) is 23.8 Å². The smallest absolute Gasteiger partial charge is 0.247 e. The van der Waals surface area contributed by atoms with E-state index in [4.69, 9.17) is 30.8 Å². The van der Waals surface area contributed by atoms with E-state index in [-0.39, 0.29) is 11.8 Å². The van der Waals surface area contributed by atoms with Gasteiger partial charge in [0.05, 0.1) is 17.8 Å². The summed E-state index contributed by atoms with van der Waals surface area (Å²) in [6.07, 6.45) is 1.20. The van der Waals surface area contributed by atoms with Crippen LogP contribution in [0.15, 0.2) is 71.9 Å². The van der Waals surface area contributed by atoms with E-state index in [9.17, 15) is 4.79 Å². The maximum absolute atomic E-state index is 13.2. The first-order valence-electron chi connectivity index (χ1n) is 13.0. The molecule has 0 saturated heterocycles. The average molecular weight is 577 g/mol. The minimum atomic E-state index is -0.903. The van der Waals surface area contributed by atoms with Crippen LogP contribution in [-0.4, -0.2) is 34.0 Å². The van der Waals surface area contributed by atoms with Crippen molar-refractivity contribution in [1.29, 1.82) is 0 Å². The van der Waals surface area contributed by atoms with Crippen molar-refractivity contribution in [2.24, 2.45) is 0 Å². The Bertz CT molecular complexity index is 1500. The molecule has 4 aromatic rings. The van der Waals surface area contributed by atoms with Crippen molar-refractivity contribution in [3.8, 4) is 28.6 Å². The number of ether oxygens (including phenoxy) is 3. The molecule has 0 spiro atoms. The molecule has 206 valence electrons. The fourth-order valence-electron chi connectivity index (χ4n) is 4.39. The molecule has 2 heterocycles. The lowest BCUT2D eigenvalue weighted by atomic mass is 10.1. The molecule has 1 amide bonds. The number of fused-ring (bicyclic) bond motifs is 3. The average Bonchev–Trinajstić information content (AvgIpc) is 3.11. The van der Waals surface area contributed by atoms with Crippen LogP contribution >= 0.6 is 23.4 Å². The zero-order chi connectivity index (χ0) is 28.1. The molecule has 0 N–H and O–H groups in total. The van der Waals surface area contributed by atoms with Crippen LogP contribution in [-0.2, 0) is 11.4 Å². The van der Waals surface area contributed by atoms with Crippen LogP contribution in [0, 0.1) is 0 Å². The topological polar surface area (TPSA) is 86.7 Å². The van der Waals surface area contributed by atoms with Crippen LogP contribution < -0.4 is 19.1 Å².